The van der Waals surface area contributed by atoms with Gasteiger partial charge >= 0.3 is 25.7 Å². The van der Waals surface area contributed by atoms with Gasteiger partial charge in [-0.1, -0.05) is 32.0 Å². The van der Waals surface area contributed by atoms with Gasteiger partial charge in [0.1, 0.15) is 35.3 Å². The lowest BCUT2D eigenvalue weighted by Crippen LogP contribution is -2.48. The van der Waals surface area contributed by atoms with E-state index in [1.54, 1.807) is 63.2 Å². The summed E-state index contributed by atoms with van der Waals surface area (Å²) in [7, 11) is -4.39. The second-order valence-electron chi connectivity index (χ2n) is 13.1. The first-order valence-corrected chi connectivity index (χ1v) is 18.7. The number of hydrogen-bond donors (Lipinski definition) is 3. The molecular weight excluding hydrogens is 683 g/mol. The molecule has 5 N–H and O–H groups in total. The first-order chi connectivity index (χ1) is 24.3. The van der Waals surface area contributed by atoms with Crippen LogP contribution in [-0.4, -0.2) is 75.6 Å². The molecule has 2 fully saturated rings. The summed E-state index contributed by atoms with van der Waals surface area (Å²) in [6.45, 7) is 6.02. The fourth-order valence-electron chi connectivity index (χ4n) is 6.13. The summed E-state index contributed by atoms with van der Waals surface area (Å²) in [5.74, 6) is -1.22. The summed E-state index contributed by atoms with van der Waals surface area (Å²) in [5, 5.41) is 7.00. The Morgan fingerprint density at radius 1 is 1.06 bits per heavy atom. The van der Waals surface area contributed by atoms with Crippen molar-refractivity contribution in [3.63, 3.8) is 0 Å². The van der Waals surface area contributed by atoms with Gasteiger partial charge < -0.3 is 34.9 Å². The van der Waals surface area contributed by atoms with Crippen LogP contribution in [0.1, 0.15) is 78.0 Å². The number of para-hydroxylation sites is 1. The summed E-state index contributed by atoms with van der Waals surface area (Å²) in [4.78, 5) is 42.7. The van der Waals surface area contributed by atoms with Gasteiger partial charge in [0.2, 0.25) is 0 Å². The lowest BCUT2D eigenvalue weighted by molar-refractivity contribution is -0.171. The number of fused-ring (bicyclic) bond motifs is 1. The summed E-state index contributed by atoms with van der Waals surface area (Å²) in [5.41, 5.74) is 11.4. The summed E-state index contributed by atoms with van der Waals surface area (Å²) in [6, 6.07) is 10.7. The van der Waals surface area contributed by atoms with Gasteiger partial charge in [-0.15, -0.1) is 0 Å². The van der Waals surface area contributed by atoms with Crippen molar-refractivity contribution < 1.29 is 46.9 Å². The maximum atomic E-state index is 14.5. The van der Waals surface area contributed by atoms with Crippen LogP contribution in [0.2, 0.25) is 0 Å². The van der Waals surface area contributed by atoms with Gasteiger partial charge in [0.05, 0.1) is 18.9 Å². The molecule has 6 atom stereocenters. The number of anilines is 1. The van der Waals surface area contributed by atoms with E-state index in [1.165, 1.54) is 17.8 Å². The second kappa shape index (κ2) is 16.5. The third kappa shape index (κ3) is 9.24. The van der Waals surface area contributed by atoms with E-state index in [2.05, 4.69) is 15.2 Å². The highest BCUT2D eigenvalue weighted by Gasteiger charge is 2.59. The van der Waals surface area contributed by atoms with E-state index in [4.69, 9.17) is 39.5 Å². The van der Waals surface area contributed by atoms with Crippen LogP contribution in [0.25, 0.3) is 5.52 Å². The van der Waals surface area contributed by atoms with Crippen LogP contribution in [-0.2, 0) is 42.4 Å². The Bertz CT molecular complexity index is 1720. The lowest BCUT2D eigenvalue weighted by atomic mass is 9.87. The average molecular weight is 731 g/mol. The summed E-state index contributed by atoms with van der Waals surface area (Å²) in [6.07, 6.45) is 1.26. The van der Waals surface area contributed by atoms with Gasteiger partial charge in [0, 0.05) is 18.9 Å². The van der Waals surface area contributed by atoms with Crippen molar-refractivity contribution in [1.29, 1.82) is 0 Å². The molecule has 2 aromatic heterocycles. The third-order valence-electron chi connectivity index (χ3n) is 9.05. The molecule has 5 rings (SSSR count). The Kier molecular flexibility index (Phi) is 12.4. The number of rotatable bonds is 15. The number of nitrogens with one attached hydrogen (secondary N) is 1. The number of ether oxygens (including phenoxy) is 4. The molecule has 3 heterocycles. The Balaban J connectivity index is 1.42. The largest absolute Gasteiger partial charge is 0.464 e. The molecule has 0 bridgehead atoms. The smallest absolute Gasteiger partial charge is 0.459 e. The zero-order valence-electron chi connectivity index (χ0n) is 29.3. The number of nitrogen functional groups attached to an aromatic ring is 1. The minimum absolute atomic E-state index is 0.00875. The molecule has 0 spiro atoms. The molecule has 2 aliphatic rings. The van der Waals surface area contributed by atoms with E-state index in [0.717, 1.165) is 25.7 Å². The predicted molar refractivity (Wildman–Crippen MR) is 184 cm³/mol. The van der Waals surface area contributed by atoms with Crippen LogP contribution < -0.4 is 21.1 Å². The SMILES string of the molecule is CCC(=O)O[C@H]1[C@H](c2ccc3c(N)ncnn23)O[C@](C)(COP(=O)(N[C@@H](C)C(=O)OC[C@H]2CC[C@H](N)CC2)Oc2ccccc2)[C@H]1OC(=O)CC. The Labute approximate surface area is 296 Å². The summed E-state index contributed by atoms with van der Waals surface area (Å²) < 4.78 is 51.8. The van der Waals surface area contributed by atoms with Crippen molar-refractivity contribution >= 4 is 37.0 Å². The number of aromatic nitrogens is 3. The van der Waals surface area contributed by atoms with Gasteiger partial charge in [0.15, 0.2) is 18.0 Å². The average Bonchev–Trinajstić information content (AvgIpc) is 3.67. The number of nitrogens with zero attached hydrogens (tertiary/aromatic N) is 3. The highest BCUT2D eigenvalue weighted by atomic mass is 31.2. The monoisotopic (exact) mass is 730 g/mol. The molecule has 1 aromatic carbocycles. The first-order valence-electron chi connectivity index (χ1n) is 17.2. The fraction of sp³-hybridized carbons (Fsp3) is 0.559. The van der Waals surface area contributed by atoms with Crippen LogP contribution in [0.3, 0.4) is 0 Å². The predicted octanol–water partition coefficient (Wildman–Crippen LogP) is 4.03. The number of esters is 3. The molecule has 1 aliphatic carbocycles. The zero-order chi connectivity index (χ0) is 36.8. The van der Waals surface area contributed by atoms with E-state index in [9.17, 15) is 18.9 Å². The Morgan fingerprint density at radius 2 is 1.75 bits per heavy atom. The van der Waals surface area contributed by atoms with Crippen LogP contribution in [0.5, 0.6) is 5.75 Å². The van der Waals surface area contributed by atoms with Gasteiger partial charge in [-0.25, -0.2) is 14.1 Å². The normalized spacial score (nSPS) is 26.6. The van der Waals surface area contributed by atoms with Crippen LogP contribution in [0.15, 0.2) is 48.8 Å². The van der Waals surface area contributed by atoms with E-state index in [1.807, 2.05) is 0 Å². The molecule has 0 amide bonds. The quantitative estimate of drug-likeness (QED) is 0.114. The molecule has 1 saturated carbocycles. The van der Waals surface area contributed by atoms with Crippen molar-refractivity contribution in [3.8, 4) is 5.75 Å². The molecule has 1 aliphatic heterocycles. The van der Waals surface area contributed by atoms with E-state index in [0.29, 0.717) is 11.2 Å². The van der Waals surface area contributed by atoms with Crippen molar-refractivity contribution in [2.75, 3.05) is 18.9 Å². The standard InChI is InChI=1S/C34H47N6O10P/c1-5-27(41)47-30-29(25-16-17-26-32(36)37-20-38-40(25)26)49-34(4,31(30)48-28(42)6-2)19-46-51(44,50-24-10-8-7-9-11-24)39-21(3)33(43)45-18-22-12-14-23(35)15-13-22/h7-11,16-17,20-23,29-31H,5-6,12-15,18-19,35H2,1-4H3,(H,39,44)(H2,36,37,38)/t21-,22-,23-,29-,30-,31-,34+,51?/m0/s1. The number of carbonyl (C=O) groups excluding carboxylic acids is 3. The van der Waals surface area contributed by atoms with Crippen LogP contribution in [0, 0.1) is 5.92 Å². The van der Waals surface area contributed by atoms with Gasteiger partial charge in [-0.05, 0) is 69.7 Å². The minimum Gasteiger partial charge on any atom is -0.464 e. The maximum Gasteiger partial charge on any atom is 0.459 e. The van der Waals surface area contributed by atoms with E-state index >= 15 is 0 Å². The van der Waals surface area contributed by atoms with Crippen molar-refractivity contribution in [2.45, 2.75) is 102 Å². The second-order valence-corrected chi connectivity index (χ2v) is 14.8. The molecule has 1 unspecified atom stereocenters. The zero-order valence-corrected chi connectivity index (χ0v) is 30.2. The number of benzene rings is 1. The number of hydrogen-bond acceptors (Lipinski definition) is 14. The van der Waals surface area contributed by atoms with Crippen molar-refractivity contribution in [3.05, 3.63) is 54.5 Å². The highest BCUT2D eigenvalue weighted by molar-refractivity contribution is 7.52. The van der Waals surface area contributed by atoms with Crippen LogP contribution >= 0.6 is 7.75 Å². The Morgan fingerprint density at radius 3 is 2.43 bits per heavy atom. The molecule has 51 heavy (non-hydrogen) atoms. The highest BCUT2D eigenvalue weighted by Crippen LogP contribution is 2.50. The number of carbonyl (C=O) groups is 3. The molecule has 1 saturated heterocycles. The van der Waals surface area contributed by atoms with Crippen LogP contribution in [0.4, 0.5) is 5.82 Å². The first kappa shape index (κ1) is 38.2. The molecule has 278 valence electrons. The molecule has 0 radical (unpaired) electrons. The molecule has 3 aromatic rings. The molecule has 16 nitrogen and oxygen atoms in total. The third-order valence-corrected chi connectivity index (χ3v) is 10.7. The maximum absolute atomic E-state index is 14.5. The lowest BCUT2D eigenvalue weighted by Gasteiger charge is -2.32. The van der Waals surface area contributed by atoms with Crippen molar-refractivity contribution in [1.82, 2.24) is 19.7 Å². The topological polar surface area (TPSA) is 218 Å². The van der Waals surface area contributed by atoms with Crippen molar-refractivity contribution in [2.24, 2.45) is 11.7 Å². The fourth-order valence-corrected chi connectivity index (χ4v) is 7.72. The van der Waals surface area contributed by atoms with E-state index < -0.39 is 62.2 Å². The van der Waals surface area contributed by atoms with E-state index in [-0.39, 0.29) is 43.0 Å². The summed E-state index contributed by atoms with van der Waals surface area (Å²) >= 11 is 0. The molecular formula is C34H47N6O10P. The van der Waals surface area contributed by atoms with Gasteiger partial charge in [-0.3, -0.25) is 18.9 Å². The van der Waals surface area contributed by atoms with Gasteiger partial charge in [0.25, 0.3) is 0 Å². The Hall–Kier alpha value is -4.08. The van der Waals surface area contributed by atoms with Gasteiger partial charge in [-0.2, -0.15) is 10.2 Å². The molecule has 17 heteroatoms. The minimum atomic E-state index is -4.39. The number of nitrogens with two attached hydrogens (primary N) is 2.